The second-order valence-electron chi connectivity index (χ2n) is 12.1. The highest BCUT2D eigenvalue weighted by atomic mass is 32.1. The van der Waals surface area contributed by atoms with Crippen LogP contribution >= 0.6 is 11.3 Å². The van der Waals surface area contributed by atoms with Crippen molar-refractivity contribution in [2.75, 3.05) is 19.8 Å². The standard InChI is InChI=1S/C27H50O4SSi2/c1-12-29-25(28)18-17-23-22(15-13-19-30-33(8,9)26(2,3)4)21-32-24(23)16-14-20-31-34(10,11)27(5,6)7/h17-18,21H,12-16,19-20H2,1-11H3/b18-17+. The monoisotopic (exact) mass is 526 g/mol. The lowest BCUT2D eigenvalue weighted by Gasteiger charge is -2.36. The Morgan fingerprint density at radius 3 is 1.88 bits per heavy atom. The fourth-order valence-electron chi connectivity index (χ4n) is 2.96. The quantitative estimate of drug-likeness (QED) is 0.112. The van der Waals surface area contributed by atoms with E-state index in [1.807, 2.05) is 13.0 Å². The Kier molecular flexibility index (Phi) is 12.0. The van der Waals surface area contributed by atoms with Crippen molar-refractivity contribution in [2.24, 2.45) is 0 Å². The lowest BCUT2D eigenvalue weighted by Crippen LogP contribution is -2.41. The average molecular weight is 527 g/mol. The number of hydrogen-bond donors (Lipinski definition) is 0. The minimum Gasteiger partial charge on any atom is -0.463 e. The first-order valence-corrected chi connectivity index (χ1v) is 19.4. The predicted molar refractivity (Wildman–Crippen MR) is 153 cm³/mol. The molecule has 0 amide bonds. The number of thiophene rings is 1. The minimum atomic E-state index is -1.72. The Morgan fingerprint density at radius 1 is 0.912 bits per heavy atom. The molecule has 0 fully saturated rings. The van der Waals surface area contributed by atoms with E-state index in [0.717, 1.165) is 38.9 Å². The van der Waals surface area contributed by atoms with E-state index >= 15 is 0 Å². The summed E-state index contributed by atoms with van der Waals surface area (Å²) in [5.41, 5.74) is 2.47. The molecule has 0 aliphatic rings. The zero-order valence-electron chi connectivity index (χ0n) is 23.7. The van der Waals surface area contributed by atoms with Crippen LogP contribution < -0.4 is 0 Å². The first-order valence-electron chi connectivity index (χ1n) is 12.7. The van der Waals surface area contributed by atoms with Crippen LogP contribution in [0.1, 0.15) is 77.3 Å². The summed E-state index contributed by atoms with van der Waals surface area (Å²) in [7, 11) is -3.45. The molecule has 196 valence electrons. The third-order valence-electron chi connectivity index (χ3n) is 7.34. The largest absolute Gasteiger partial charge is 0.463 e. The van der Waals surface area contributed by atoms with Crippen LogP contribution in [0.2, 0.25) is 36.3 Å². The van der Waals surface area contributed by atoms with Crippen molar-refractivity contribution in [1.82, 2.24) is 0 Å². The van der Waals surface area contributed by atoms with Crippen molar-refractivity contribution in [3.8, 4) is 0 Å². The van der Waals surface area contributed by atoms with Crippen molar-refractivity contribution in [3.05, 3.63) is 27.5 Å². The fraction of sp³-hybridized carbons (Fsp3) is 0.741. The van der Waals surface area contributed by atoms with Crippen LogP contribution in [-0.2, 0) is 31.2 Å². The van der Waals surface area contributed by atoms with E-state index in [2.05, 4.69) is 73.1 Å². The van der Waals surface area contributed by atoms with Crippen LogP contribution in [0.3, 0.4) is 0 Å². The summed E-state index contributed by atoms with van der Waals surface area (Å²) >= 11 is 1.79. The molecule has 0 unspecified atom stereocenters. The number of hydrogen-bond acceptors (Lipinski definition) is 5. The smallest absolute Gasteiger partial charge is 0.330 e. The molecular formula is C27H50O4SSi2. The van der Waals surface area contributed by atoms with Gasteiger partial charge >= 0.3 is 5.97 Å². The first kappa shape index (κ1) is 31.3. The maximum absolute atomic E-state index is 12.0. The molecule has 0 aliphatic carbocycles. The fourth-order valence-corrected chi connectivity index (χ4v) is 6.25. The summed E-state index contributed by atoms with van der Waals surface area (Å²) in [6.07, 6.45) is 7.40. The van der Waals surface area contributed by atoms with Gasteiger partial charge in [0.25, 0.3) is 0 Å². The number of carbonyl (C=O) groups excluding carboxylic acids is 1. The van der Waals surface area contributed by atoms with Crippen LogP contribution in [-0.4, -0.2) is 42.4 Å². The lowest BCUT2D eigenvalue weighted by atomic mass is 10.0. The molecule has 1 rings (SSSR count). The molecule has 0 saturated heterocycles. The maximum atomic E-state index is 12.0. The van der Waals surface area contributed by atoms with Gasteiger partial charge in [0.2, 0.25) is 0 Å². The summed E-state index contributed by atoms with van der Waals surface area (Å²) < 4.78 is 17.8. The summed E-state index contributed by atoms with van der Waals surface area (Å²) in [5, 5.41) is 2.70. The highest BCUT2D eigenvalue weighted by molar-refractivity contribution is 7.10. The van der Waals surface area contributed by atoms with Crippen molar-refractivity contribution < 1.29 is 18.4 Å². The van der Waals surface area contributed by atoms with Crippen molar-refractivity contribution >= 4 is 40.0 Å². The SMILES string of the molecule is CCOC(=O)/C=C/c1c(CCCO[Si](C)(C)C(C)(C)C)csc1CCCO[Si](C)(C)C(C)(C)C. The molecule has 1 aromatic heterocycles. The molecule has 0 aliphatic heterocycles. The number of esters is 1. The number of aryl methyl sites for hydroxylation is 2. The first-order chi connectivity index (χ1) is 15.5. The topological polar surface area (TPSA) is 44.8 Å². The van der Waals surface area contributed by atoms with Crippen molar-refractivity contribution in [3.63, 3.8) is 0 Å². The van der Waals surface area contributed by atoms with Gasteiger partial charge in [0.1, 0.15) is 0 Å². The van der Waals surface area contributed by atoms with Crippen molar-refractivity contribution in [2.45, 2.75) is 110 Å². The summed E-state index contributed by atoms with van der Waals surface area (Å²) in [5.74, 6) is -0.284. The van der Waals surface area contributed by atoms with Gasteiger partial charge in [-0.05, 0) is 91.5 Å². The predicted octanol–water partition coefficient (Wildman–Crippen LogP) is 8.23. The zero-order chi connectivity index (χ0) is 26.2. The molecule has 0 spiro atoms. The number of carbonyl (C=O) groups is 1. The molecule has 0 aromatic carbocycles. The van der Waals surface area contributed by atoms with E-state index in [1.54, 1.807) is 17.4 Å². The van der Waals surface area contributed by atoms with Gasteiger partial charge in [0.05, 0.1) is 6.61 Å². The second kappa shape index (κ2) is 13.0. The highest BCUT2D eigenvalue weighted by Crippen LogP contribution is 2.37. The maximum Gasteiger partial charge on any atom is 0.330 e. The average Bonchev–Trinajstić information content (AvgIpc) is 3.07. The molecule has 0 N–H and O–H groups in total. The number of rotatable bonds is 13. The Balaban J connectivity index is 2.83. The summed E-state index contributed by atoms with van der Waals surface area (Å²) in [4.78, 5) is 13.3. The summed E-state index contributed by atoms with van der Waals surface area (Å²) in [6.45, 7) is 26.6. The normalized spacial score (nSPS) is 13.6. The minimum absolute atomic E-state index is 0.225. The van der Waals surface area contributed by atoms with Crippen LogP contribution in [0, 0.1) is 0 Å². The van der Waals surface area contributed by atoms with Gasteiger partial charge in [0, 0.05) is 24.2 Å². The molecule has 1 aromatic rings. The van der Waals surface area contributed by atoms with E-state index in [0.29, 0.717) is 6.61 Å². The third kappa shape index (κ3) is 9.72. The van der Waals surface area contributed by atoms with Gasteiger partial charge in [-0.3, -0.25) is 0 Å². The number of ether oxygens (including phenoxy) is 1. The molecule has 0 saturated carbocycles. The van der Waals surface area contributed by atoms with Crippen LogP contribution in [0.25, 0.3) is 6.08 Å². The van der Waals surface area contributed by atoms with Gasteiger partial charge in [0.15, 0.2) is 16.6 Å². The van der Waals surface area contributed by atoms with E-state index in [4.69, 9.17) is 13.6 Å². The summed E-state index contributed by atoms with van der Waals surface area (Å²) in [6, 6.07) is 0. The molecule has 0 atom stereocenters. The van der Waals surface area contributed by atoms with E-state index in [-0.39, 0.29) is 16.0 Å². The van der Waals surface area contributed by atoms with Crippen LogP contribution in [0.4, 0.5) is 0 Å². The Hall–Kier alpha value is -0.736. The Labute approximate surface area is 215 Å². The Bertz CT molecular complexity index is 747. The van der Waals surface area contributed by atoms with Crippen molar-refractivity contribution in [1.29, 1.82) is 0 Å². The zero-order valence-corrected chi connectivity index (χ0v) is 26.5. The highest BCUT2D eigenvalue weighted by Gasteiger charge is 2.37. The second-order valence-corrected chi connectivity index (χ2v) is 22.7. The molecule has 4 nitrogen and oxygen atoms in total. The van der Waals surface area contributed by atoms with Gasteiger partial charge in [-0.1, -0.05) is 41.5 Å². The van der Waals surface area contributed by atoms with E-state index in [9.17, 15) is 4.79 Å². The molecule has 34 heavy (non-hydrogen) atoms. The Morgan fingerprint density at radius 2 is 1.41 bits per heavy atom. The molecule has 7 heteroatoms. The van der Waals surface area contributed by atoms with Crippen LogP contribution in [0.15, 0.2) is 11.5 Å². The molecule has 0 radical (unpaired) electrons. The molecular weight excluding hydrogens is 477 g/mol. The van der Waals surface area contributed by atoms with Gasteiger partial charge in [-0.2, -0.15) is 0 Å². The van der Waals surface area contributed by atoms with E-state index < -0.39 is 16.6 Å². The van der Waals surface area contributed by atoms with Gasteiger partial charge in [-0.25, -0.2) is 4.79 Å². The molecule has 0 bridgehead atoms. The van der Waals surface area contributed by atoms with E-state index in [1.165, 1.54) is 16.0 Å². The lowest BCUT2D eigenvalue weighted by molar-refractivity contribution is -0.137. The van der Waals surface area contributed by atoms with Crippen LogP contribution in [0.5, 0.6) is 0 Å². The van der Waals surface area contributed by atoms with Gasteiger partial charge < -0.3 is 13.6 Å². The third-order valence-corrected chi connectivity index (χ3v) is 17.5. The van der Waals surface area contributed by atoms with Gasteiger partial charge in [-0.15, -0.1) is 11.3 Å². The molecule has 1 heterocycles.